The third-order valence-electron chi connectivity index (χ3n) is 2.47. The highest BCUT2D eigenvalue weighted by Gasteiger charge is 2.10. The first-order chi connectivity index (χ1) is 10.0. The summed E-state index contributed by atoms with van der Waals surface area (Å²) < 4.78 is 5.37. The molecule has 2 rings (SSSR count). The number of aromatic amines is 1. The number of nitrogens with zero attached hydrogens (tertiary/aromatic N) is 1. The summed E-state index contributed by atoms with van der Waals surface area (Å²) in [6.45, 7) is 0.169. The molecule has 0 fully saturated rings. The molecule has 0 aliphatic rings. The standard InChI is InChI=1S/C13H12ClN3O4/c14-8-2-1-3-9(6-8)21-5-4-12(18)15-11-7-10(13(19)20)16-17-11/h1-3,6-7H,4-5H2,(H,19,20)(H2,15,16,17,18). The molecule has 3 N–H and O–H groups in total. The molecule has 1 aromatic heterocycles. The van der Waals surface area contributed by atoms with Crippen LogP contribution in [0.4, 0.5) is 5.82 Å². The van der Waals surface area contributed by atoms with Gasteiger partial charge in [-0.25, -0.2) is 4.79 Å². The van der Waals surface area contributed by atoms with Crippen molar-refractivity contribution in [3.8, 4) is 5.75 Å². The maximum Gasteiger partial charge on any atom is 0.353 e. The van der Waals surface area contributed by atoms with Crippen molar-refractivity contribution in [1.29, 1.82) is 0 Å². The number of hydrogen-bond donors (Lipinski definition) is 3. The minimum atomic E-state index is -1.15. The molecule has 7 nitrogen and oxygen atoms in total. The summed E-state index contributed by atoms with van der Waals surface area (Å²) in [5.41, 5.74) is -0.0968. The summed E-state index contributed by atoms with van der Waals surface area (Å²) in [5, 5.41) is 17.7. The maximum absolute atomic E-state index is 11.6. The van der Waals surface area contributed by atoms with E-state index < -0.39 is 5.97 Å². The Kier molecular flexibility index (Phi) is 4.78. The number of rotatable bonds is 6. The van der Waals surface area contributed by atoms with Crippen molar-refractivity contribution < 1.29 is 19.4 Å². The number of carbonyl (C=O) groups excluding carboxylic acids is 1. The van der Waals surface area contributed by atoms with Crippen LogP contribution >= 0.6 is 11.6 Å². The van der Waals surface area contributed by atoms with Gasteiger partial charge in [-0.1, -0.05) is 17.7 Å². The molecule has 0 saturated heterocycles. The molecule has 110 valence electrons. The van der Waals surface area contributed by atoms with E-state index in [2.05, 4.69) is 15.5 Å². The number of carbonyl (C=O) groups is 2. The summed E-state index contributed by atoms with van der Waals surface area (Å²) in [7, 11) is 0. The van der Waals surface area contributed by atoms with Gasteiger partial charge in [0.05, 0.1) is 13.0 Å². The molecule has 1 amide bonds. The number of hydrogen-bond acceptors (Lipinski definition) is 4. The maximum atomic E-state index is 11.6. The van der Waals surface area contributed by atoms with Crippen molar-refractivity contribution in [2.75, 3.05) is 11.9 Å². The topological polar surface area (TPSA) is 104 Å². The fourth-order valence-corrected chi connectivity index (χ4v) is 1.70. The number of amides is 1. The molecule has 0 unspecified atom stereocenters. The Hall–Kier alpha value is -2.54. The number of benzene rings is 1. The van der Waals surface area contributed by atoms with Gasteiger partial charge in [0.1, 0.15) is 11.4 Å². The molecule has 0 atom stereocenters. The number of anilines is 1. The minimum Gasteiger partial charge on any atom is -0.493 e. The van der Waals surface area contributed by atoms with Gasteiger partial charge < -0.3 is 15.2 Å². The third-order valence-corrected chi connectivity index (χ3v) is 2.70. The van der Waals surface area contributed by atoms with Crippen molar-refractivity contribution in [1.82, 2.24) is 10.2 Å². The summed E-state index contributed by atoms with van der Waals surface area (Å²) in [5.74, 6) is -0.754. The highest BCUT2D eigenvalue weighted by Crippen LogP contribution is 2.17. The van der Waals surface area contributed by atoms with E-state index in [0.29, 0.717) is 10.8 Å². The normalized spacial score (nSPS) is 10.1. The Labute approximate surface area is 124 Å². The van der Waals surface area contributed by atoms with Gasteiger partial charge >= 0.3 is 5.97 Å². The van der Waals surface area contributed by atoms with E-state index in [1.807, 2.05) is 0 Å². The van der Waals surface area contributed by atoms with Crippen molar-refractivity contribution in [2.45, 2.75) is 6.42 Å². The fraction of sp³-hybridized carbons (Fsp3) is 0.154. The zero-order valence-electron chi connectivity index (χ0n) is 10.8. The average molecular weight is 310 g/mol. The average Bonchev–Trinajstić information content (AvgIpc) is 2.87. The molecule has 8 heteroatoms. The van der Waals surface area contributed by atoms with E-state index in [1.54, 1.807) is 24.3 Å². The largest absolute Gasteiger partial charge is 0.493 e. The van der Waals surface area contributed by atoms with Crippen molar-refractivity contribution in [2.24, 2.45) is 0 Å². The van der Waals surface area contributed by atoms with Gasteiger partial charge in [0.25, 0.3) is 0 Å². The van der Waals surface area contributed by atoms with E-state index in [4.69, 9.17) is 21.4 Å². The Morgan fingerprint density at radius 1 is 1.38 bits per heavy atom. The smallest absolute Gasteiger partial charge is 0.353 e. The zero-order valence-corrected chi connectivity index (χ0v) is 11.6. The Bertz CT molecular complexity index is 656. The van der Waals surface area contributed by atoms with Crippen LogP contribution in [-0.4, -0.2) is 33.8 Å². The minimum absolute atomic E-state index is 0.0968. The molecule has 0 bridgehead atoms. The third kappa shape index (κ3) is 4.50. The molecule has 0 spiro atoms. The van der Waals surface area contributed by atoms with Crippen LogP contribution in [0.25, 0.3) is 0 Å². The molecule has 1 aromatic carbocycles. The number of aromatic nitrogens is 2. The number of nitrogens with one attached hydrogen (secondary N) is 2. The van der Waals surface area contributed by atoms with Gasteiger partial charge in [0.2, 0.25) is 5.91 Å². The van der Waals surface area contributed by atoms with Gasteiger partial charge in [-0.15, -0.1) is 0 Å². The van der Waals surface area contributed by atoms with Crippen LogP contribution < -0.4 is 10.1 Å². The van der Waals surface area contributed by atoms with Crippen LogP contribution in [0.5, 0.6) is 5.75 Å². The van der Waals surface area contributed by atoms with E-state index in [9.17, 15) is 9.59 Å². The molecule has 0 aliphatic heterocycles. The summed E-state index contributed by atoms with van der Waals surface area (Å²) in [4.78, 5) is 22.3. The van der Waals surface area contributed by atoms with Crippen LogP contribution in [0.3, 0.4) is 0 Å². The molecule has 21 heavy (non-hydrogen) atoms. The number of halogens is 1. The first-order valence-electron chi connectivity index (χ1n) is 6.01. The lowest BCUT2D eigenvalue weighted by molar-refractivity contribution is -0.116. The van der Waals surface area contributed by atoms with Crippen LogP contribution in [0.2, 0.25) is 5.02 Å². The molecular formula is C13H12ClN3O4. The molecule has 1 heterocycles. The fourth-order valence-electron chi connectivity index (χ4n) is 1.52. The second-order valence-corrected chi connectivity index (χ2v) is 4.51. The van der Waals surface area contributed by atoms with Gasteiger partial charge in [0.15, 0.2) is 5.82 Å². The second kappa shape index (κ2) is 6.76. The number of ether oxygens (including phenoxy) is 1. The monoisotopic (exact) mass is 309 g/mol. The lowest BCUT2D eigenvalue weighted by Gasteiger charge is -2.06. The van der Waals surface area contributed by atoms with Crippen molar-refractivity contribution in [3.63, 3.8) is 0 Å². The SMILES string of the molecule is O=C(CCOc1cccc(Cl)c1)Nc1cc(C(=O)O)[nH]n1. The van der Waals surface area contributed by atoms with E-state index in [1.165, 1.54) is 6.07 Å². The molecular weight excluding hydrogens is 298 g/mol. The van der Waals surface area contributed by atoms with Crippen molar-refractivity contribution in [3.05, 3.63) is 41.0 Å². The van der Waals surface area contributed by atoms with Crippen LogP contribution in [0, 0.1) is 0 Å². The molecule has 0 saturated carbocycles. The summed E-state index contributed by atoms with van der Waals surface area (Å²) in [6.07, 6.45) is 0.0990. The summed E-state index contributed by atoms with van der Waals surface area (Å²) in [6, 6.07) is 8.08. The first kappa shape index (κ1) is 14.9. The zero-order chi connectivity index (χ0) is 15.2. The van der Waals surface area contributed by atoms with Crippen molar-refractivity contribution >= 4 is 29.3 Å². The number of carboxylic acids is 1. The highest BCUT2D eigenvalue weighted by molar-refractivity contribution is 6.30. The number of carboxylic acid groups (broad SMARTS) is 1. The Balaban J connectivity index is 1.78. The molecule has 0 radical (unpaired) electrons. The quantitative estimate of drug-likeness (QED) is 0.758. The van der Waals surface area contributed by atoms with E-state index in [-0.39, 0.29) is 30.4 Å². The van der Waals surface area contributed by atoms with Crippen LogP contribution in [0.15, 0.2) is 30.3 Å². The van der Waals surface area contributed by atoms with Gasteiger partial charge in [-0.3, -0.25) is 9.89 Å². The number of aromatic carboxylic acids is 1. The van der Waals surface area contributed by atoms with Crippen LogP contribution in [0.1, 0.15) is 16.9 Å². The van der Waals surface area contributed by atoms with Gasteiger partial charge in [-0.05, 0) is 18.2 Å². The molecule has 0 aliphatic carbocycles. The van der Waals surface area contributed by atoms with Crippen LogP contribution in [-0.2, 0) is 4.79 Å². The summed E-state index contributed by atoms with van der Waals surface area (Å²) >= 11 is 5.80. The Morgan fingerprint density at radius 2 is 2.19 bits per heavy atom. The number of H-pyrrole nitrogens is 1. The predicted molar refractivity (Wildman–Crippen MR) is 75.7 cm³/mol. The lowest BCUT2D eigenvalue weighted by atomic mass is 10.3. The van der Waals surface area contributed by atoms with Gasteiger partial charge in [-0.2, -0.15) is 5.10 Å². The molecule has 2 aromatic rings. The Morgan fingerprint density at radius 3 is 2.86 bits per heavy atom. The predicted octanol–water partition coefficient (Wildman–Crippen LogP) is 2.17. The van der Waals surface area contributed by atoms with E-state index in [0.717, 1.165) is 0 Å². The lowest BCUT2D eigenvalue weighted by Crippen LogP contribution is -2.15. The van der Waals surface area contributed by atoms with Gasteiger partial charge in [0, 0.05) is 11.1 Å². The highest BCUT2D eigenvalue weighted by atomic mass is 35.5. The van der Waals surface area contributed by atoms with E-state index >= 15 is 0 Å². The first-order valence-corrected chi connectivity index (χ1v) is 6.39. The second-order valence-electron chi connectivity index (χ2n) is 4.08.